The van der Waals surface area contributed by atoms with E-state index in [0.29, 0.717) is 0 Å². The van der Waals surface area contributed by atoms with E-state index in [0.717, 1.165) is 18.0 Å². The van der Waals surface area contributed by atoms with E-state index < -0.39 is 0 Å². The highest BCUT2D eigenvalue weighted by Gasteiger charge is 2.22. The molecule has 1 aromatic heterocycles. The SMILES string of the molecule is CC1Oc2ccc(Cn3ccnc3)cc2NC1N. The number of rotatable bonds is 2. The highest BCUT2D eigenvalue weighted by atomic mass is 16.5. The molecule has 5 heteroatoms. The summed E-state index contributed by atoms with van der Waals surface area (Å²) in [7, 11) is 0. The number of aromatic nitrogens is 2. The number of nitrogens with two attached hydrogens (primary N) is 1. The van der Waals surface area contributed by atoms with Crippen molar-refractivity contribution in [3.8, 4) is 5.75 Å². The van der Waals surface area contributed by atoms with Crippen LogP contribution >= 0.6 is 0 Å². The topological polar surface area (TPSA) is 65.1 Å². The molecule has 2 aromatic rings. The van der Waals surface area contributed by atoms with Crippen LogP contribution in [0.15, 0.2) is 36.9 Å². The molecule has 0 spiro atoms. The molecule has 5 nitrogen and oxygen atoms in total. The van der Waals surface area contributed by atoms with Crippen LogP contribution in [0, 0.1) is 0 Å². The van der Waals surface area contributed by atoms with E-state index in [9.17, 15) is 0 Å². The molecule has 94 valence electrons. The molecule has 2 heterocycles. The number of fused-ring (bicyclic) bond motifs is 1. The first-order chi connectivity index (χ1) is 8.72. The highest BCUT2D eigenvalue weighted by Crippen LogP contribution is 2.31. The van der Waals surface area contributed by atoms with E-state index >= 15 is 0 Å². The van der Waals surface area contributed by atoms with Crippen molar-refractivity contribution in [2.45, 2.75) is 25.7 Å². The maximum Gasteiger partial charge on any atom is 0.143 e. The molecule has 18 heavy (non-hydrogen) atoms. The second kappa shape index (κ2) is 4.34. The highest BCUT2D eigenvalue weighted by molar-refractivity contribution is 5.60. The molecular formula is C13H16N4O. The summed E-state index contributed by atoms with van der Waals surface area (Å²) in [5, 5.41) is 3.26. The third kappa shape index (κ3) is 2.04. The fourth-order valence-corrected chi connectivity index (χ4v) is 2.05. The minimum absolute atomic E-state index is 0.0167. The van der Waals surface area contributed by atoms with Crippen LogP contribution in [-0.2, 0) is 6.54 Å². The van der Waals surface area contributed by atoms with Gasteiger partial charge in [0.25, 0.3) is 0 Å². The molecule has 3 N–H and O–H groups in total. The second-order valence-corrected chi connectivity index (χ2v) is 4.56. The fraction of sp³-hybridized carbons (Fsp3) is 0.308. The van der Waals surface area contributed by atoms with Crippen LogP contribution in [0.4, 0.5) is 5.69 Å². The fourth-order valence-electron chi connectivity index (χ4n) is 2.05. The van der Waals surface area contributed by atoms with Crippen LogP contribution in [0.25, 0.3) is 0 Å². The Balaban J connectivity index is 1.85. The first-order valence-corrected chi connectivity index (χ1v) is 6.00. The smallest absolute Gasteiger partial charge is 0.143 e. The molecule has 0 saturated heterocycles. The Hall–Kier alpha value is -2.01. The Morgan fingerprint density at radius 1 is 1.50 bits per heavy atom. The number of anilines is 1. The van der Waals surface area contributed by atoms with Crippen LogP contribution < -0.4 is 15.8 Å². The normalized spacial score (nSPS) is 21.9. The predicted molar refractivity (Wildman–Crippen MR) is 69.5 cm³/mol. The molecule has 2 atom stereocenters. The van der Waals surface area contributed by atoms with Gasteiger partial charge in [-0.15, -0.1) is 0 Å². The van der Waals surface area contributed by atoms with Crippen molar-refractivity contribution in [1.29, 1.82) is 0 Å². The quantitative estimate of drug-likeness (QED) is 0.838. The molecule has 1 aromatic carbocycles. The summed E-state index contributed by atoms with van der Waals surface area (Å²) in [5.41, 5.74) is 8.07. The van der Waals surface area contributed by atoms with Crippen molar-refractivity contribution >= 4 is 5.69 Å². The minimum atomic E-state index is -0.166. The summed E-state index contributed by atoms with van der Waals surface area (Å²) in [4.78, 5) is 4.03. The number of ether oxygens (including phenoxy) is 1. The van der Waals surface area contributed by atoms with Gasteiger partial charge in [0, 0.05) is 18.9 Å². The Kier molecular flexibility index (Phi) is 2.68. The summed E-state index contributed by atoms with van der Waals surface area (Å²) >= 11 is 0. The third-order valence-electron chi connectivity index (χ3n) is 3.11. The first-order valence-electron chi connectivity index (χ1n) is 6.00. The molecule has 3 rings (SSSR count). The zero-order valence-corrected chi connectivity index (χ0v) is 10.2. The van der Waals surface area contributed by atoms with E-state index in [1.54, 1.807) is 12.5 Å². The summed E-state index contributed by atoms with van der Waals surface area (Å²) in [6, 6.07) is 6.11. The van der Waals surface area contributed by atoms with Gasteiger partial charge in [0.15, 0.2) is 0 Å². The van der Waals surface area contributed by atoms with Gasteiger partial charge < -0.3 is 20.4 Å². The van der Waals surface area contributed by atoms with Crippen molar-refractivity contribution < 1.29 is 4.74 Å². The molecule has 0 fully saturated rings. The predicted octanol–water partition coefficient (Wildman–Crippen LogP) is 1.41. The van der Waals surface area contributed by atoms with Gasteiger partial charge in [0.2, 0.25) is 0 Å². The van der Waals surface area contributed by atoms with Gasteiger partial charge in [-0.1, -0.05) is 6.07 Å². The largest absolute Gasteiger partial charge is 0.485 e. The van der Waals surface area contributed by atoms with Crippen molar-refractivity contribution in [2.75, 3.05) is 5.32 Å². The first kappa shape index (κ1) is 11.1. The molecule has 0 radical (unpaired) electrons. The van der Waals surface area contributed by atoms with Crippen molar-refractivity contribution in [1.82, 2.24) is 9.55 Å². The molecule has 0 saturated carbocycles. The van der Waals surface area contributed by atoms with Crippen molar-refractivity contribution in [3.63, 3.8) is 0 Å². The van der Waals surface area contributed by atoms with Gasteiger partial charge >= 0.3 is 0 Å². The lowest BCUT2D eigenvalue weighted by molar-refractivity contribution is 0.189. The van der Waals surface area contributed by atoms with E-state index in [1.165, 1.54) is 5.56 Å². The van der Waals surface area contributed by atoms with Crippen LogP contribution in [0.3, 0.4) is 0 Å². The number of nitrogens with one attached hydrogen (secondary N) is 1. The summed E-state index contributed by atoms with van der Waals surface area (Å²) < 4.78 is 7.75. The number of benzene rings is 1. The van der Waals surface area contributed by atoms with Crippen LogP contribution in [-0.4, -0.2) is 21.8 Å². The van der Waals surface area contributed by atoms with E-state index in [4.69, 9.17) is 10.5 Å². The third-order valence-corrected chi connectivity index (χ3v) is 3.11. The number of nitrogens with zero attached hydrogens (tertiary/aromatic N) is 2. The Morgan fingerprint density at radius 3 is 3.17 bits per heavy atom. The van der Waals surface area contributed by atoms with Crippen LogP contribution in [0.1, 0.15) is 12.5 Å². The van der Waals surface area contributed by atoms with E-state index in [2.05, 4.69) is 22.4 Å². The standard InChI is InChI=1S/C13H16N4O/c1-9-13(14)16-11-6-10(2-3-12(11)18-9)7-17-5-4-15-8-17/h2-6,8-9,13,16H,7,14H2,1H3. The Labute approximate surface area is 106 Å². The molecule has 0 bridgehead atoms. The van der Waals surface area contributed by atoms with E-state index in [1.807, 2.05) is 23.8 Å². The van der Waals surface area contributed by atoms with Crippen molar-refractivity contribution in [2.24, 2.45) is 5.73 Å². The molecule has 1 aliphatic rings. The zero-order chi connectivity index (χ0) is 12.5. The minimum Gasteiger partial charge on any atom is -0.485 e. The molecule has 0 aliphatic carbocycles. The van der Waals surface area contributed by atoms with Crippen molar-refractivity contribution in [3.05, 3.63) is 42.5 Å². The van der Waals surface area contributed by atoms with Gasteiger partial charge in [-0.3, -0.25) is 0 Å². The molecular weight excluding hydrogens is 228 g/mol. The van der Waals surface area contributed by atoms with Crippen LogP contribution in [0.2, 0.25) is 0 Å². The van der Waals surface area contributed by atoms with Gasteiger partial charge in [0.1, 0.15) is 18.0 Å². The van der Waals surface area contributed by atoms with E-state index in [-0.39, 0.29) is 12.3 Å². The Bertz CT molecular complexity index is 538. The van der Waals surface area contributed by atoms with Gasteiger partial charge in [0.05, 0.1) is 12.0 Å². The van der Waals surface area contributed by atoms with Gasteiger partial charge in [-0.2, -0.15) is 0 Å². The average Bonchev–Trinajstić information content (AvgIpc) is 2.84. The maximum absolute atomic E-state index is 5.93. The lowest BCUT2D eigenvalue weighted by atomic mass is 10.1. The number of hydrogen-bond acceptors (Lipinski definition) is 4. The average molecular weight is 244 g/mol. The number of hydrogen-bond donors (Lipinski definition) is 2. The van der Waals surface area contributed by atoms with Gasteiger partial charge in [-0.25, -0.2) is 4.98 Å². The molecule has 1 aliphatic heterocycles. The maximum atomic E-state index is 5.93. The lowest BCUT2D eigenvalue weighted by Gasteiger charge is -2.30. The van der Waals surface area contributed by atoms with Crippen LogP contribution in [0.5, 0.6) is 5.75 Å². The zero-order valence-electron chi connectivity index (χ0n) is 10.2. The van der Waals surface area contributed by atoms with Gasteiger partial charge in [-0.05, 0) is 24.6 Å². The summed E-state index contributed by atoms with van der Waals surface area (Å²) in [6.07, 6.45) is 5.34. The second-order valence-electron chi connectivity index (χ2n) is 4.56. The Morgan fingerprint density at radius 2 is 2.39 bits per heavy atom. The monoisotopic (exact) mass is 244 g/mol. The molecule has 0 amide bonds. The summed E-state index contributed by atoms with van der Waals surface area (Å²) in [6.45, 7) is 2.75. The molecule has 2 unspecified atom stereocenters. The summed E-state index contributed by atoms with van der Waals surface area (Å²) in [5.74, 6) is 0.860. The number of imidazole rings is 1. The lowest BCUT2D eigenvalue weighted by Crippen LogP contribution is -2.45.